The third kappa shape index (κ3) is 7.09. The Morgan fingerprint density at radius 1 is 1.14 bits per heavy atom. The van der Waals surface area contributed by atoms with E-state index in [2.05, 4.69) is 4.79 Å². The third-order valence-electron chi connectivity index (χ3n) is 3.30. The molecule has 150 valence electrons. The molecule has 9 nitrogen and oxygen atoms in total. The van der Waals surface area contributed by atoms with Crippen molar-refractivity contribution in [2.45, 2.75) is 12.8 Å². The van der Waals surface area contributed by atoms with Crippen LogP contribution in [0.4, 0.5) is 17.3 Å². The number of allylic oxidation sites excluding steroid dienone is 2. The molecule has 2 aliphatic rings. The predicted octanol–water partition coefficient (Wildman–Crippen LogP) is 0.387. The summed E-state index contributed by atoms with van der Waals surface area (Å²) in [5.41, 5.74) is 9.15. The fourth-order valence-corrected chi connectivity index (χ4v) is 2.00. The highest BCUT2D eigenvalue weighted by molar-refractivity contribution is 6.50. The zero-order chi connectivity index (χ0) is 21.5. The van der Waals surface area contributed by atoms with Gasteiger partial charge in [-0.3, -0.25) is 24.1 Å². The summed E-state index contributed by atoms with van der Waals surface area (Å²) < 4.78 is 39.0. The molecule has 28 heavy (non-hydrogen) atoms. The molecule has 0 saturated carbocycles. The van der Waals surface area contributed by atoms with Crippen LogP contribution < -0.4 is 5.84 Å². The van der Waals surface area contributed by atoms with Crippen LogP contribution >= 0.6 is 0 Å². The van der Waals surface area contributed by atoms with Crippen molar-refractivity contribution >= 4 is 36.6 Å². The van der Waals surface area contributed by atoms with Gasteiger partial charge in [-0.05, 0) is 6.08 Å². The van der Waals surface area contributed by atoms with E-state index in [9.17, 15) is 36.4 Å². The third-order valence-corrected chi connectivity index (χ3v) is 3.30. The van der Waals surface area contributed by atoms with Crippen molar-refractivity contribution in [3.8, 4) is 0 Å². The zero-order valence-corrected chi connectivity index (χ0v) is 14.1. The molecule has 0 aromatic rings. The van der Waals surface area contributed by atoms with Gasteiger partial charge in [0.05, 0.1) is 6.42 Å². The minimum absolute atomic E-state index is 0.152. The first-order valence-electron chi connectivity index (χ1n) is 7.56. The van der Waals surface area contributed by atoms with Gasteiger partial charge in [0.2, 0.25) is 5.91 Å². The van der Waals surface area contributed by atoms with Crippen LogP contribution in [0.25, 0.3) is 5.53 Å². The lowest BCUT2D eigenvalue weighted by atomic mass is 10.0. The topological polar surface area (TPSA) is 137 Å². The van der Waals surface area contributed by atoms with Gasteiger partial charge in [-0.2, -0.15) is 4.79 Å². The average molecular weight is 402 g/mol. The molecule has 0 aromatic carbocycles. The summed E-state index contributed by atoms with van der Waals surface area (Å²) in [5, 5.41) is 0.440. The molecule has 0 unspecified atom stereocenters. The molecule has 1 aliphatic heterocycles. The number of amides is 4. The van der Waals surface area contributed by atoms with E-state index in [1.54, 1.807) is 0 Å². The molecule has 0 aromatic heterocycles. The molecule has 1 heterocycles. The summed E-state index contributed by atoms with van der Waals surface area (Å²) in [7, 11) is -6.00. The molecule has 0 spiro atoms. The van der Waals surface area contributed by atoms with Gasteiger partial charge >= 0.3 is 7.25 Å². The highest BCUT2D eigenvalue weighted by Crippen LogP contribution is 2.11. The number of imide groups is 2. The number of halogens is 4. The van der Waals surface area contributed by atoms with Crippen molar-refractivity contribution in [3.63, 3.8) is 0 Å². The minimum Gasteiger partial charge on any atom is -0.418 e. The smallest absolute Gasteiger partial charge is 0.418 e. The summed E-state index contributed by atoms with van der Waals surface area (Å²) in [6, 6.07) is 0. The second-order valence-electron chi connectivity index (χ2n) is 5.26. The average Bonchev–Trinajstić information content (AvgIpc) is 2.95. The van der Waals surface area contributed by atoms with Crippen molar-refractivity contribution in [1.29, 1.82) is 0 Å². The molecule has 14 heteroatoms. The molecular formula is C14H13BF4N5O4-. The molecule has 2 N–H and O–H groups in total. The Morgan fingerprint density at radius 2 is 1.68 bits per heavy atom. The Balaban J connectivity index is 0.000000696. The van der Waals surface area contributed by atoms with Crippen LogP contribution in [-0.4, -0.2) is 57.8 Å². The highest BCUT2D eigenvalue weighted by Gasteiger charge is 2.27. The Kier molecular flexibility index (Phi) is 7.71. The zero-order valence-electron chi connectivity index (χ0n) is 14.1. The van der Waals surface area contributed by atoms with Crippen molar-refractivity contribution in [3.05, 3.63) is 41.5 Å². The van der Waals surface area contributed by atoms with E-state index in [0.717, 1.165) is 17.1 Å². The fourth-order valence-electron chi connectivity index (χ4n) is 2.00. The van der Waals surface area contributed by atoms with Gasteiger partial charge in [0, 0.05) is 36.8 Å². The van der Waals surface area contributed by atoms with Crippen LogP contribution in [0.5, 0.6) is 0 Å². The van der Waals surface area contributed by atoms with Gasteiger partial charge in [-0.1, -0.05) is 6.08 Å². The molecule has 4 amide bonds. The van der Waals surface area contributed by atoms with E-state index in [0.29, 0.717) is 10.7 Å². The minimum atomic E-state index is -6.00. The van der Waals surface area contributed by atoms with E-state index >= 15 is 0 Å². The number of carbonyl (C=O) groups is 4. The normalized spacial score (nSPS) is 15.7. The molecule has 0 fully saturated rings. The second-order valence-corrected chi connectivity index (χ2v) is 5.26. The van der Waals surface area contributed by atoms with Crippen LogP contribution in [0.15, 0.2) is 36.0 Å². The number of nitrogens with two attached hydrogens (primary N) is 1. The summed E-state index contributed by atoms with van der Waals surface area (Å²) in [5.74, 6) is 3.03. The Labute approximate surface area is 155 Å². The van der Waals surface area contributed by atoms with Crippen molar-refractivity contribution in [1.82, 2.24) is 9.91 Å². The van der Waals surface area contributed by atoms with Gasteiger partial charge in [0.25, 0.3) is 23.4 Å². The van der Waals surface area contributed by atoms with Gasteiger partial charge in [0.15, 0.2) is 0 Å². The summed E-state index contributed by atoms with van der Waals surface area (Å²) in [6.07, 6.45) is 6.47. The Hall–Kier alpha value is -3.38. The van der Waals surface area contributed by atoms with E-state index in [1.807, 2.05) is 0 Å². The SMILES string of the molecule is F[B-](F)(F)F.[N-]=[N+]=C1C=CC(C(=O)N(N)C(=O)CCN2C(=O)C=CC2=O)=CC1. The molecular weight excluding hydrogens is 389 g/mol. The predicted molar refractivity (Wildman–Crippen MR) is 87.2 cm³/mol. The lowest BCUT2D eigenvalue weighted by molar-refractivity contribution is -0.143. The molecule has 2 rings (SSSR count). The largest absolute Gasteiger partial charge is 0.673 e. The standard InChI is InChI=1S/C14H13N5O4.BF4/c15-17-10-3-1-9(2-4-10)14(23)19(16)13(22)7-8-18-11(20)5-6-12(18)21;2-1(3,4)5/h1-3,5-6H,4,7-8,16H2;/q;-1. The first-order chi connectivity index (χ1) is 12.9. The van der Waals surface area contributed by atoms with Crippen LogP contribution in [0.3, 0.4) is 0 Å². The second kappa shape index (κ2) is 9.53. The maximum absolute atomic E-state index is 12.1. The maximum atomic E-state index is 12.1. The summed E-state index contributed by atoms with van der Waals surface area (Å²) >= 11 is 0. The van der Waals surface area contributed by atoms with E-state index in [4.69, 9.17) is 11.4 Å². The quantitative estimate of drug-likeness (QED) is 0.106. The van der Waals surface area contributed by atoms with Gasteiger partial charge in [-0.15, -0.1) is 0 Å². The van der Waals surface area contributed by atoms with E-state index in [-0.39, 0.29) is 25.0 Å². The molecule has 1 aliphatic carbocycles. The highest BCUT2D eigenvalue weighted by atomic mass is 19.5. The molecule has 0 atom stereocenters. The first-order valence-corrected chi connectivity index (χ1v) is 7.56. The maximum Gasteiger partial charge on any atom is 0.673 e. The lowest BCUT2D eigenvalue weighted by Crippen LogP contribution is -2.45. The number of nitrogens with zero attached hydrogens (tertiary/aromatic N) is 4. The van der Waals surface area contributed by atoms with Crippen LogP contribution in [-0.2, 0) is 19.2 Å². The summed E-state index contributed by atoms with van der Waals surface area (Å²) in [4.78, 5) is 50.6. The Bertz CT molecular complexity index is 806. The van der Waals surface area contributed by atoms with Crippen molar-refractivity contribution < 1.29 is 41.2 Å². The van der Waals surface area contributed by atoms with Crippen molar-refractivity contribution in [2.24, 2.45) is 5.84 Å². The number of hydrogen-bond acceptors (Lipinski definition) is 5. The van der Waals surface area contributed by atoms with Crippen LogP contribution in [0.1, 0.15) is 12.8 Å². The number of hydrogen-bond donors (Lipinski definition) is 1. The van der Waals surface area contributed by atoms with Crippen molar-refractivity contribution in [2.75, 3.05) is 6.54 Å². The number of rotatable bonds is 4. The molecule has 0 saturated heterocycles. The van der Waals surface area contributed by atoms with Gasteiger partial charge < -0.3 is 22.8 Å². The fraction of sp³-hybridized carbons (Fsp3) is 0.214. The van der Waals surface area contributed by atoms with Crippen LogP contribution in [0, 0.1) is 0 Å². The molecule has 0 bridgehead atoms. The van der Waals surface area contributed by atoms with E-state index < -0.39 is 30.9 Å². The monoisotopic (exact) mass is 402 g/mol. The number of carbonyl (C=O) groups excluding carboxylic acids is 4. The van der Waals surface area contributed by atoms with Gasteiger partial charge in [0.1, 0.15) is 0 Å². The Morgan fingerprint density at radius 3 is 2.11 bits per heavy atom. The summed E-state index contributed by atoms with van der Waals surface area (Å²) in [6.45, 7) is -0.152. The van der Waals surface area contributed by atoms with Gasteiger partial charge in [-0.25, -0.2) is 10.9 Å². The molecule has 0 radical (unpaired) electrons. The van der Waals surface area contributed by atoms with Crippen LogP contribution in [0.2, 0.25) is 0 Å². The van der Waals surface area contributed by atoms with E-state index in [1.165, 1.54) is 18.2 Å². The number of hydrazine groups is 1. The lowest BCUT2D eigenvalue weighted by Gasteiger charge is -2.18. The first kappa shape index (κ1) is 22.7.